The molecule has 0 aliphatic carbocycles. The van der Waals surface area contributed by atoms with Gasteiger partial charge in [0, 0.05) is 25.4 Å². The van der Waals surface area contributed by atoms with Crippen LogP contribution in [0.15, 0.2) is 0 Å². The number of rotatable bonds is 3. The Hall–Kier alpha value is -0.910. The van der Waals surface area contributed by atoms with Crippen LogP contribution in [-0.2, 0) is 0 Å². The lowest BCUT2D eigenvalue weighted by molar-refractivity contribution is -0.103. The molecular formula is C9H16F2N2O2. The molecule has 4 nitrogen and oxygen atoms in total. The van der Waals surface area contributed by atoms with Crippen LogP contribution in [0.1, 0.15) is 19.3 Å². The number of carboxylic acid groups (broad SMARTS) is 1. The second-order valence-corrected chi connectivity index (χ2v) is 3.87. The Morgan fingerprint density at radius 3 is 2.80 bits per heavy atom. The molecule has 0 bridgehead atoms. The summed E-state index contributed by atoms with van der Waals surface area (Å²) in [6.45, 7) is 0.198. The van der Waals surface area contributed by atoms with Crippen molar-refractivity contribution in [1.29, 1.82) is 0 Å². The number of halogens is 2. The minimum absolute atomic E-state index is 0.0810. The van der Waals surface area contributed by atoms with E-state index in [9.17, 15) is 13.6 Å². The van der Waals surface area contributed by atoms with Crippen molar-refractivity contribution < 1.29 is 18.7 Å². The summed E-state index contributed by atoms with van der Waals surface area (Å²) in [5, 5.41) is 8.71. The third kappa shape index (κ3) is 3.02. The van der Waals surface area contributed by atoms with Gasteiger partial charge in [-0.15, -0.1) is 0 Å². The molecule has 1 atom stereocenters. The van der Waals surface area contributed by atoms with Gasteiger partial charge in [-0.1, -0.05) is 0 Å². The second kappa shape index (κ2) is 4.74. The monoisotopic (exact) mass is 222 g/mol. The lowest BCUT2D eigenvalue weighted by atomic mass is 9.89. The van der Waals surface area contributed by atoms with E-state index < -0.39 is 17.9 Å². The van der Waals surface area contributed by atoms with Crippen LogP contribution in [0, 0.1) is 5.92 Å². The fraction of sp³-hybridized carbons (Fsp3) is 0.889. The largest absolute Gasteiger partial charge is 0.465 e. The Kier molecular flexibility index (Phi) is 3.84. The molecule has 0 spiro atoms. The van der Waals surface area contributed by atoms with Crippen molar-refractivity contribution >= 4 is 6.09 Å². The lowest BCUT2D eigenvalue weighted by Gasteiger charge is -2.37. The Morgan fingerprint density at radius 2 is 2.27 bits per heavy atom. The van der Waals surface area contributed by atoms with E-state index in [-0.39, 0.29) is 25.9 Å². The van der Waals surface area contributed by atoms with E-state index in [1.807, 2.05) is 0 Å². The molecule has 1 rings (SSSR count). The van der Waals surface area contributed by atoms with Gasteiger partial charge in [-0.05, 0) is 19.4 Å². The number of likely N-dealkylation sites (tertiary alicyclic amines) is 1. The molecule has 0 aromatic heterocycles. The Labute approximate surface area is 87.0 Å². The average molecular weight is 222 g/mol. The van der Waals surface area contributed by atoms with Crippen LogP contribution in [0.5, 0.6) is 0 Å². The lowest BCUT2D eigenvalue weighted by Crippen LogP contribution is -2.49. The summed E-state index contributed by atoms with van der Waals surface area (Å²) in [7, 11) is 0. The maximum absolute atomic E-state index is 13.4. The van der Waals surface area contributed by atoms with Crippen molar-refractivity contribution in [2.75, 3.05) is 19.6 Å². The topological polar surface area (TPSA) is 66.6 Å². The van der Waals surface area contributed by atoms with Crippen molar-refractivity contribution in [1.82, 2.24) is 4.90 Å². The number of hydrogen-bond donors (Lipinski definition) is 2. The first-order chi connectivity index (χ1) is 6.97. The molecule has 1 saturated heterocycles. The quantitative estimate of drug-likeness (QED) is 0.757. The van der Waals surface area contributed by atoms with Gasteiger partial charge in [0.15, 0.2) is 0 Å². The zero-order chi connectivity index (χ0) is 11.5. The zero-order valence-corrected chi connectivity index (χ0v) is 8.46. The number of piperidine rings is 1. The van der Waals surface area contributed by atoms with Crippen molar-refractivity contribution in [2.45, 2.75) is 25.2 Å². The Balaban J connectivity index is 2.57. The molecule has 6 heteroatoms. The molecular weight excluding hydrogens is 206 g/mol. The van der Waals surface area contributed by atoms with Crippen LogP contribution in [0.3, 0.4) is 0 Å². The molecule has 0 aromatic carbocycles. The number of alkyl halides is 2. The van der Waals surface area contributed by atoms with Crippen LogP contribution in [-0.4, -0.2) is 41.7 Å². The van der Waals surface area contributed by atoms with E-state index in [1.165, 1.54) is 0 Å². The smallest absolute Gasteiger partial charge is 0.407 e. The Morgan fingerprint density at radius 1 is 1.60 bits per heavy atom. The van der Waals surface area contributed by atoms with Gasteiger partial charge < -0.3 is 15.7 Å². The van der Waals surface area contributed by atoms with Crippen LogP contribution in [0.2, 0.25) is 0 Å². The molecule has 15 heavy (non-hydrogen) atoms. The van der Waals surface area contributed by atoms with E-state index >= 15 is 0 Å². The van der Waals surface area contributed by atoms with Gasteiger partial charge in [-0.2, -0.15) is 0 Å². The normalized spacial score (nSPS) is 25.3. The Bertz CT molecular complexity index is 236. The first kappa shape index (κ1) is 12.2. The standard InChI is InChI=1S/C9H16F2N2O2/c10-9(11)3-5-13(8(14)15)6-7(9)2-1-4-12/h7H,1-6,12H2,(H,14,15). The molecule has 1 heterocycles. The molecule has 1 unspecified atom stereocenters. The minimum atomic E-state index is -2.75. The third-order valence-corrected chi connectivity index (χ3v) is 2.78. The summed E-state index contributed by atoms with van der Waals surface area (Å²) in [5.41, 5.74) is 5.25. The summed E-state index contributed by atoms with van der Waals surface area (Å²) in [4.78, 5) is 11.7. The third-order valence-electron chi connectivity index (χ3n) is 2.78. The van der Waals surface area contributed by atoms with Gasteiger partial charge >= 0.3 is 6.09 Å². The van der Waals surface area contributed by atoms with Crippen LogP contribution < -0.4 is 5.73 Å². The zero-order valence-electron chi connectivity index (χ0n) is 8.46. The summed E-state index contributed by atoms with van der Waals surface area (Å²) in [6, 6.07) is 0. The molecule has 1 aliphatic rings. The number of hydrogen-bond acceptors (Lipinski definition) is 2. The van der Waals surface area contributed by atoms with Crippen LogP contribution >= 0.6 is 0 Å². The molecule has 0 saturated carbocycles. The highest BCUT2D eigenvalue weighted by atomic mass is 19.3. The van der Waals surface area contributed by atoms with E-state index in [0.29, 0.717) is 13.0 Å². The molecule has 1 amide bonds. The van der Waals surface area contributed by atoms with E-state index in [1.54, 1.807) is 0 Å². The van der Waals surface area contributed by atoms with Gasteiger partial charge in [-0.25, -0.2) is 13.6 Å². The fourth-order valence-corrected chi connectivity index (χ4v) is 1.82. The van der Waals surface area contributed by atoms with E-state index in [0.717, 1.165) is 4.90 Å². The molecule has 0 aromatic rings. The van der Waals surface area contributed by atoms with Gasteiger partial charge in [0.05, 0.1) is 0 Å². The SMILES string of the molecule is NCCCC1CN(C(=O)O)CCC1(F)F. The average Bonchev–Trinajstić information content (AvgIpc) is 2.15. The summed E-state index contributed by atoms with van der Waals surface area (Å²) < 4.78 is 26.7. The molecule has 0 radical (unpaired) electrons. The second-order valence-electron chi connectivity index (χ2n) is 3.87. The van der Waals surface area contributed by atoms with E-state index in [4.69, 9.17) is 10.8 Å². The van der Waals surface area contributed by atoms with Gasteiger partial charge in [0.1, 0.15) is 0 Å². The number of carbonyl (C=O) groups is 1. The van der Waals surface area contributed by atoms with Crippen LogP contribution in [0.25, 0.3) is 0 Å². The molecule has 1 aliphatic heterocycles. The van der Waals surface area contributed by atoms with Crippen molar-refractivity contribution in [2.24, 2.45) is 11.7 Å². The first-order valence-electron chi connectivity index (χ1n) is 5.03. The van der Waals surface area contributed by atoms with Crippen LogP contribution in [0.4, 0.5) is 13.6 Å². The highest BCUT2D eigenvalue weighted by Gasteiger charge is 2.44. The van der Waals surface area contributed by atoms with Crippen molar-refractivity contribution in [3.05, 3.63) is 0 Å². The van der Waals surface area contributed by atoms with Gasteiger partial charge in [0.2, 0.25) is 0 Å². The summed E-state index contributed by atoms with van der Waals surface area (Å²) in [6.07, 6.45) is -0.710. The predicted molar refractivity (Wildman–Crippen MR) is 50.9 cm³/mol. The minimum Gasteiger partial charge on any atom is -0.465 e. The summed E-state index contributed by atoms with van der Waals surface area (Å²) in [5.74, 6) is -3.63. The summed E-state index contributed by atoms with van der Waals surface area (Å²) >= 11 is 0. The van der Waals surface area contributed by atoms with Gasteiger partial charge in [0.25, 0.3) is 5.92 Å². The maximum Gasteiger partial charge on any atom is 0.407 e. The van der Waals surface area contributed by atoms with E-state index in [2.05, 4.69) is 0 Å². The number of nitrogens with zero attached hydrogens (tertiary/aromatic N) is 1. The van der Waals surface area contributed by atoms with Crippen molar-refractivity contribution in [3.63, 3.8) is 0 Å². The van der Waals surface area contributed by atoms with Gasteiger partial charge in [-0.3, -0.25) is 0 Å². The highest BCUT2D eigenvalue weighted by Crippen LogP contribution is 2.35. The first-order valence-corrected chi connectivity index (χ1v) is 5.03. The number of nitrogens with two attached hydrogens (primary N) is 1. The molecule has 88 valence electrons. The highest BCUT2D eigenvalue weighted by molar-refractivity contribution is 5.65. The maximum atomic E-state index is 13.4. The molecule has 3 N–H and O–H groups in total. The predicted octanol–water partition coefficient (Wildman–Crippen LogP) is 1.36. The number of amides is 1. The molecule has 1 fully saturated rings. The fourth-order valence-electron chi connectivity index (χ4n) is 1.82. The van der Waals surface area contributed by atoms with Crippen molar-refractivity contribution in [3.8, 4) is 0 Å².